The highest BCUT2D eigenvalue weighted by Crippen LogP contribution is 2.16. The Kier molecular flexibility index (Phi) is 6.48. The van der Waals surface area contributed by atoms with E-state index < -0.39 is 11.9 Å². The number of likely N-dealkylation sites (tertiary alicyclic amines) is 1. The average Bonchev–Trinajstić information content (AvgIpc) is 2.42. The Balaban J connectivity index is 2.31. The van der Waals surface area contributed by atoms with Gasteiger partial charge in [0.1, 0.15) is 0 Å². The third kappa shape index (κ3) is 5.59. The second-order valence-electron chi connectivity index (χ2n) is 5.73. The fourth-order valence-electron chi connectivity index (χ4n) is 2.20. The van der Waals surface area contributed by atoms with Crippen molar-refractivity contribution in [3.8, 4) is 0 Å². The largest absolute Gasteiger partial charge is 0.481 e. The van der Waals surface area contributed by atoms with Crippen molar-refractivity contribution in [3.63, 3.8) is 0 Å². The number of piperidine rings is 1. The molecule has 1 rings (SSSR count). The third-order valence-corrected chi connectivity index (χ3v) is 3.51. The Hall–Kier alpha value is -1.59. The molecule has 0 aromatic carbocycles. The molecular weight excluding hydrogens is 260 g/mol. The van der Waals surface area contributed by atoms with E-state index in [4.69, 9.17) is 5.11 Å². The van der Waals surface area contributed by atoms with E-state index in [1.54, 1.807) is 0 Å². The van der Waals surface area contributed by atoms with E-state index in [1.807, 2.05) is 13.8 Å². The molecule has 1 saturated heterocycles. The Morgan fingerprint density at radius 2 is 2.05 bits per heavy atom. The van der Waals surface area contributed by atoms with E-state index in [1.165, 1.54) is 4.90 Å². The number of hydrogen-bond acceptors (Lipinski definition) is 3. The van der Waals surface area contributed by atoms with E-state index >= 15 is 0 Å². The Labute approximate surface area is 119 Å². The van der Waals surface area contributed by atoms with Crippen LogP contribution in [-0.2, 0) is 14.4 Å². The first-order chi connectivity index (χ1) is 9.40. The molecule has 2 N–H and O–H groups in total. The smallest absolute Gasteiger partial charge is 0.308 e. The highest BCUT2D eigenvalue weighted by molar-refractivity contribution is 5.85. The Bertz CT molecular complexity index is 368. The van der Waals surface area contributed by atoms with Crippen LogP contribution >= 0.6 is 0 Å². The summed E-state index contributed by atoms with van der Waals surface area (Å²) in [6.45, 7) is 4.86. The highest BCUT2D eigenvalue weighted by Gasteiger charge is 2.27. The first-order valence-corrected chi connectivity index (χ1v) is 7.17. The van der Waals surface area contributed by atoms with Crippen LogP contribution in [0.2, 0.25) is 0 Å². The standard InChI is InChI=1S/C14H24N2O4/c1-10(2)5-6-12(17)15-8-13(18)16-7-3-4-11(9-16)14(19)20/h10-11H,3-9H2,1-2H3,(H,15,17)(H,19,20)/t11-/m0/s1. The van der Waals surface area contributed by atoms with Crippen molar-refractivity contribution in [2.45, 2.75) is 39.5 Å². The van der Waals surface area contributed by atoms with E-state index in [0.29, 0.717) is 31.7 Å². The van der Waals surface area contributed by atoms with Crippen LogP contribution in [0.1, 0.15) is 39.5 Å². The number of carboxylic acids is 1. The fraction of sp³-hybridized carbons (Fsp3) is 0.786. The van der Waals surface area contributed by atoms with E-state index in [0.717, 1.165) is 6.42 Å². The molecule has 1 aliphatic heterocycles. The zero-order valence-corrected chi connectivity index (χ0v) is 12.2. The minimum Gasteiger partial charge on any atom is -0.481 e. The molecule has 0 radical (unpaired) electrons. The second-order valence-corrected chi connectivity index (χ2v) is 5.73. The minimum absolute atomic E-state index is 0.0384. The van der Waals surface area contributed by atoms with Crippen molar-refractivity contribution >= 4 is 17.8 Å². The average molecular weight is 284 g/mol. The van der Waals surface area contributed by atoms with Gasteiger partial charge in [-0.25, -0.2) is 0 Å². The minimum atomic E-state index is -0.858. The molecule has 0 spiro atoms. The molecule has 6 nitrogen and oxygen atoms in total. The van der Waals surface area contributed by atoms with Gasteiger partial charge in [-0.05, 0) is 25.2 Å². The van der Waals surface area contributed by atoms with Gasteiger partial charge in [-0.15, -0.1) is 0 Å². The topological polar surface area (TPSA) is 86.7 Å². The van der Waals surface area contributed by atoms with E-state index in [2.05, 4.69) is 5.32 Å². The quantitative estimate of drug-likeness (QED) is 0.757. The number of nitrogens with one attached hydrogen (secondary N) is 1. The molecule has 0 aromatic heterocycles. The summed E-state index contributed by atoms with van der Waals surface area (Å²) in [5.74, 6) is -1.21. The molecule has 1 fully saturated rings. The molecule has 1 aliphatic rings. The molecule has 114 valence electrons. The molecule has 0 saturated carbocycles. The van der Waals surface area contributed by atoms with Crippen molar-refractivity contribution in [2.75, 3.05) is 19.6 Å². The van der Waals surface area contributed by atoms with Crippen LogP contribution in [0.3, 0.4) is 0 Å². The summed E-state index contributed by atoms with van der Waals surface area (Å²) in [4.78, 5) is 35.9. The molecule has 0 unspecified atom stereocenters. The number of rotatable bonds is 6. The molecule has 6 heteroatoms. The molecule has 20 heavy (non-hydrogen) atoms. The molecule has 0 aliphatic carbocycles. The van der Waals surface area contributed by atoms with Gasteiger partial charge in [-0.1, -0.05) is 13.8 Å². The number of amides is 2. The summed E-state index contributed by atoms with van der Waals surface area (Å²) in [6, 6.07) is 0. The first kappa shape index (κ1) is 16.5. The summed E-state index contributed by atoms with van der Waals surface area (Å²) in [5, 5.41) is 11.6. The van der Waals surface area contributed by atoms with Crippen molar-refractivity contribution in [2.24, 2.45) is 11.8 Å². The molecule has 2 amide bonds. The van der Waals surface area contributed by atoms with Gasteiger partial charge in [-0.2, -0.15) is 0 Å². The third-order valence-electron chi connectivity index (χ3n) is 3.51. The molecule has 0 aromatic rings. The van der Waals surface area contributed by atoms with Crippen LogP contribution in [0.15, 0.2) is 0 Å². The Morgan fingerprint density at radius 3 is 2.65 bits per heavy atom. The zero-order valence-electron chi connectivity index (χ0n) is 12.2. The lowest BCUT2D eigenvalue weighted by Gasteiger charge is -2.30. The van der Waals surface area contributed by atoms with Crippen molar-refractivity contribution < 1.29 is 19.5 Å². The van der Waals surface area contributed by atoms with Crippen molar-refractivity contribution in [1.82, 2.24) is 10.2 Å². The number of aliphatic carboxylic acids is 1. The second kappa shape index (κ2) is 7.87. The summed E-state index contributed by atoms with van der Waals surface area (Å²) < 4.78 is 0. The fourth-order valence-corrected chi connectivity index (χ4v) is 2.20. The number of carboxylic acid groups (broad SMARTS) is 1. The zero-order chi connectivity index (χ0) is 15.1. The van der Waals surface area contributed by atoms with Crippen LogP contribution < -0.4 is 5.32 Å². The molecule has 1 heterocycles. The first-order valence-electron chi connectivity index (χ1n) is 7.17. The van der Waals surface area contributed by atoms with Gasteiger partial charge in [0, 0.05) is 19.5 Å². The van der Waals surface area contributed by atoms with Gasteiger partial charge in [0.25, 0.3) is 0 Å². The van der Waals surface area contributed by atoms with Crippen LogP contribution in [0.25, 0.3) is 0 Å². The molecule has 0 bridgehead atoms. The van der Waals surface area contributed by atoms with Crippen LogP contribution in [0, 0.1) is 11.8 Å². The monoisotopic (exact) mass is 284 g/mol. The maximum atomic E-state index is 11.9. The van der Waals surface area contributed by atoms with Gasteiger partial charge in [0.15, 0.2) is 0 Å². The summed E-state index contributed by atoms with van der Waals surface area (Å²) in [5.41, 5.74) is 0. The predicted molar refractivity (Wildman–Crippen MR) is 74.0 cm³/mol. The van der Waals surface area contributed by atoms with Gasteiger partial charge in [0.05, 0.1) is 12.5 Å². The van der Waals surface area contributed by atoms with E-state index in [9.17, 15) is 14.4 Å². The van der Waals surface area contributed by atoms with Crippen molar-refractivity contribution in [3.05, 3.63) is 0 Å². The number of hydrogen-bond donors (Lipinski definition) is 2. The highest BCUT2D eigenvalue weighted by atomic mass is 16.4. The maximum absolute atomic E-state index is 11.9. The number of nitrogens with zero attached hydrogens (tertiary/aromatic N) is 1. The lowest BCUT2D eigenvalue weighted by molar-refractivity contribution is -0.145. The normalized spacial score (nSPS) is 18.9. The SMILES string of the molecule is CC(C)CCC(=O)NCC(=O)N1CCC[C@H](C(=O)O)C1. The summed E-state index contributed by atoms with van der Waals surface area (Å²) in [6.07, 6.45) is 2.53. The number of carbonyl (C=O) groups excluding carboxylic acids is 2. The van der Waals surface area contributed by atoms with Gasteiger partial charge in [0.2, 0.25) is 11.8 Å². The summed E-state index contributed by atoms with van der Waals surface area (Å²) in [7, 11) is 0. The van der Waals surface area contributed by atoms with Crippen LogP contribution in [-0.4, -0.2) is 47.4 Å². The Morgan fingerprint density at radius 1 is 1.35 bits per heavy atom. The number of carbonyl (C=O) groups is 3. The predicted octanol–water partition coefficient (Wildman–Crippen LogP) is 0.862. The van der Waals surface area contributed by atoms with Gasteiger partial charge < -0.3 is 15.3 Å². The van der Waals surface area contributed by atoms with Crippen LogP contribution in [0.4, 0.5) is 0 Å². The van der Waals surface area contributed by atoms with E-state index in [-0.39, 0.29) is 24.9 Å². The van der Waals surface area contributed by atoms with Gasteiger partial charge in [-0.3, -0.25) is 14.4 Å². The van der Waals surface area contributed by atoms with Gasteiger partial charge >= 0.3 is 5.97 Å². The molecule has 1 atom stereocenters. The summed E-state index contributed by atoms with van der Waals surface area (Å²) >= 11 is 0. The lowest BCUT2D eigenvalue weighted by Crippen LogP contribution is -2.46. The van der Waals surface area contributed by atoms with Crippen LogP contribution in [0.5, 0.6) is 0 Å². The maximum Gasteiger partial charge on any atom is 0.308 e. The molecular formula is C14H24N2O4. The van der Waals surface area contributed by atoms with Crippen molar-refractivity contribution in [1.29, 1.82) is 0 Å². The lowest BCUT2D eigenvalue weighted by atomic mass is 9.98.